The zero-order valence-corrected chi connectivity index (χ0v) is 15.3. The van der Waals surface area contributed by atoms with Crippen molar-refractivity contribution in [3.05, 3.63) is 41.8 Å². The van der Waals surface area contributed by atoms with Crippen molar-refractivity contribution >= 4 is 5.91 Å². The smallest absolute Gasteiger partial charge is 0.260 e. The van der Waals surface area contributed by atoms with Crippen LogP contribution in [0.5, 0.6) is 11.5 Å². The van der Waals surface area contributed by atoms with E-state index in [9.17, 15) is 4.79 Å². The Bertz CT molecular complexity index is 723. The van der Waals surface area contributed by atoms with Crippen molar-refractivity contribution in [2.45, 2.75) is 20.4 Å². The number of rotatable bonds is 7. The van der Waals surface area contributed by atoms with E-state index in [2.05, 4.69) is 10.1 Å². The quantitative estimate of drug-likeness (QED) is 0.754. The molecule has 2 aromatic rings. The number of para-hydroxylation sites is 2. The summed E-state index contributed by atoms with van der Waals surface area (Å²) in [6.07, 6.45) is 0. The number of hydrogen-bond donors (Lipinski definition) is 0. The van der Waals surface area contributed by atoms with Gasteiger partial charge in [0.05, 0.1) is 18.8 Å². The number of nitrogens with zero attached hydrogens (tertiary/aromatic N) is 3. The normalized spacial score (nSPS) is 15.1. The molecule has 0 unspecified atom stereocenters. The lowest BCUT2D eigenvalue weighted by Crippen LogP contribution is -2.49. The van der Waals surface area contributed by atoms with Crippen LogP contribution < -0.4 is 9.47 Å². The van der Waals surface area contributed by atoms with Gasteiger partial charge in [0.1, 0.15) is 0 Å². The number of piperazine rings is 1. The first kappa shape index (κ1) is 18.3. The molecule has 0 bridgehead atoms. The average Bonchev–Trinajstić information content (AvgIpc) is 3.06. The number of aromatic nitrogens is 1. The molecule has 0 aliphatic carbocycles. The highest BCUT2D eigenvalue weighted by Gasteiger charge is 2.22. The van der Waals surface area contributed by atoms with Crippen LogP contribution in [0, 0.1) is 6.92 Å². The molecule has 1 aliphatic rings. The van der Waals surface area contributed by atoms with Gasteiger partial charge in [0.2, 0.25) is 0 Å². The second-order valence-corrected chi connectivity index (χ2v) is 6.26. The predicted octanol–water partition coefficient (Wildman–Crippen LogP) is 2.10. The van der Waals surface area contributed by atoms with E-state index in [1.54, 1.807) is 0 Å². The third-order valence-electron chi connectivity index (χ3n) is 4.28. The molecular weight excluding hydrogens is 334 g/mol. The first-order chi connectivity index (χ1) is 12.7. The monoisotopic (exact) mass is 359 g/mol. The lowest BCUT2D eigenvalue weighted by atomic mass is 10.3. The SMILES string of the molecule is CCOc1ccccc1OCC(=O)N1CCN(Cc2cc(C)no2)CC1. The highest BCUT2D eigenvalue weighted by molar-refractivity contribution is 5.78. The molecule has 1 aromatic heterocycles. The van der Waals surface area contributed by atoms with Crippen LogP contribution in [0.1, 0.15) is 18.4 Å². The van der Waals surface area contributed by atoms with Gasteiger partial charge in [-0.25, -0.2) is 0 Å². The van der Waals surface area contributed by atoms with Crippen molar-refractivity contribution in [1.82, 2.24) is 15.0 Å². The van der Waals surface area contributed by atoms with Gasteiger partial charge in [0.15, 0.2) is 23.9 Å². The van der Waals surface area contributed by atoms with Gasteiger partial charge in [0, 0.05) is 32.2 Å². The molecule has 1 aromatic carbocycles. The molecule has 1 amide bonds. The van der Waals surface area contributed by atoms with Gasteiger partial charge in [-0.2, -0.15) is 0 Å². The van der Waals surface area contributed by atoms with Gasteiger partial charge >= 0.3 is 0 Å². The van der Waals surface area contributed by atoms with Crippen LogP contribution in [-0.4, -0.2) is 60.3 Å². The van der Waals surface area contributed by atoms with Gasteiger partial charge in [-0.3, -0.25) is 9.69 Å². The second kappa shape index (κ2) is 8.71. The summed E-state index contributed by atoms with van der Waals surface area (Å²) in [5, 5.41) is 3.91. The molecule has 26 heavy (non-hydrogen) atoms. The Balaban J connectivity index is 1.45. The minimum absolute atomic E-state index is 0.00791. The summed E-state index contributed by atoms with van der Waals surface area (Å²) in [5.74, 6) is 2.11. The van der Waals surface area contributed by atoms with Crippen molar-refractivity contribution in [3.63, 3.8) is 0 Å². The first-order valence-electron chi connectivity index (χ1n) is 8.92. The Labute approximate surface area is 153 Å². The molecular formula is C19H25N3O4. The molecule has 2 heterocycles. The molecule has 0 atom stereocenters. The number of amides is 1. The van der Waals surface area contributed by atoms with E-state index in [4.69, 9.17) is 14.0 Å². The summed E-state index contributed by atoms with van der Waals surface area (Å²) in [7, 11) is 0. The molecule has 1 aliphatic heterocycles. The van der Waals surface area contributed by atoms with Gasteiger partial charge in [-0.1, -0.05) is 17.3 Å². The van der Waals surface area contributed by atoms with Crippen LogP contribution >= 0.6 is 0 Å². The summed E-state index contributed by atoms with van der Waals surface area (Å²) in [6.45, 7) is 8.11. The number of ether oxygens (including phenoxy) is 2. The third kappa shape index (κ3) is 4.76. The van der Waals surface area contributed by atoms with Crippen LogP contribution in [0.4, 0.5) is 0 Å². The largest absolute Gasteiger partial charge is 0.490 e. The highest BCUT2D eigenvalue weighted by atomic mass is 16.5. The number of aryl methyl sites for hydroxylation is 1. The van der Waals surface area contributed by atoms with Crippen molar-refractivity contribution in [2.75, 3.05) is 39.4 Å². The minimum atomic E-state index is -0.00791. The molecule has 140 valence electrons. The number of carbonyl (C=O) groups excluding carboxylic acids is 1. The summed E-state index contributed by atoms with van der Waals surface area (Å²) < 4.78 is 16.4. The molecule has 0 N–H and O–H groups in total. The van der Waals surface area contributed by atoms with Crippen LogP contribution in [0.25, 0.3) is 0 Å². The van der Waals surface area contributed by atoms with Gasteiger partial charge < -0.3 is 18.9 Å². The maximum atomic E-state index is 12.4. The lowest BCUT2D eigenvalue weighted by Gasteiger charge is -2.34. The number of hydrogen-bond acceptors (Lipinski definition) is 6. The molecule has 0 saturated carbocycles. The fourth-order valence-corrected chi connectivity index (χ4v) is 2.94. The van der Waals surface area contributed by atoms with E-state index in [1.807, 2.05) is 49.1 Å². The van der Waals surface area contributed by atoms with E-state index in [0.717, 1.165) is 31.1 Å². The van der Waals surface area contributed by atoms with Crippen LogP contribution in [-0.2, 0) is 11.3 Å². The summed E-state index contributed by atoms with van der Waals surface area (Å²) in [6, 6.07) is 9.35. The molecule has 1 fully saturated rings. The van der Waals surface area contributed by atoms with Crippen LogP contribution in [0.3, 0.4) is 0 Å². The zero-order valence-electron chi connectivity index (χ0n) is 15.3. The molecule has 0 spiro atoms. The van der Waals surface area contributed by atoms with Crippen molar-refractivity contribution < 1.29 is 18.8 Å². The maximum absolute atomic E-state index is 12.4. The Kier molecular flexibility index (Phi) is 6.12. The van der Waals surface area contributed by atoms with Crippen molar-refractivity contribution in [3.8, 4) is 11.5 Å². The second-order valence-electron chi connectivity index (χ2n) is 6.26. The summed E-state index contributed by atoms with van der Waals surface area (Å²) in [5.41, 5.74) is 0.887. The maximum Gasteiger partial charge on any atom is 0.260 e. The van der Waals surface area contributed by atoms with E-state index in [0.29, 0.717) is 31.2 Å². The summed E-state index contributed by atoms with van der Waals surface area (Å²) >= 11 is 0. The standard InChI is InChI=1S/C19H25N3O4/c1-3-24-17-6-4-5-7-18(17)25-14-19(23)22-10-8-21(9-11-22)13-16-12-15(2)20-26-16/h4-7,12H,3,8-11,13-14H2,1-2H3. The number of carbonyl (C=O) groups is 1. The van der Waals surface area contributed by atoms with E-state index in [1.165, 1.54) is 0 Å². The van der Waals surface area contributed by atoms with E-state index >= 15 is 0 Å². The Hall–Kier alpha value is -2.54. The fraction of sp³-hybridized carbons (Fsp3) is 0.474. The molecule has 7 nitrogen and oxygen atoms in total. The van der Waals surface area contributed by atoms with Crippen LogP contribution in [0.2, 0.25) is 0 Å². The zero-order chi connectivity index (χ0) is 18.4. The molecule has 3 rings (SSSR count). The van der Waals surface area contributed by atoms with Crippen LogP contribution in [0.15, 0.2) is 34.9 Å². The summed E-state index contributed by atoms with van der Waals surface area (Å²) in [4.78, 5) is 16.5. The molecule has 1 saturated heterocycles. The van der Waals surface area contributed by atoms with Gasteiger partial charge in [0.25, 0.3) is 5.91 Å². The minimum Gasteiger partial charge on any atom is -0.490 e. The van der Waals surface area contributed by atoms with E-state index < -0.39 is 0 Å². The third-order valence-corrected chi connectivity index (χ3v) is 4.28. The first-order valence-corrected chi connectivity index (χ1v) is 8.92. The lowest BCUT2D eigenvalue weighted by molar-refractivity contribution is -0.135. The van der Waals surface area contributed by atoms with E-state index in [-0.39, 0.29) is 12.5 Å². The number of benzene rings is 1. The Morgan fingerprint density at radius 3 is 2.46 bits per heavy atom. The van der Waals surface area contributed by atoms with Crippen molar-refractivity contribution in [2.24, 2.45) is 0 Å². The van der Waals surface area contributed by atoms with Crippen molar-refractivity contribution in [1.29, 1.82) is 0 Å². The highest BCUT2D eigenvalue weighted by Crippen LogP contribution is 2.26. The molecule has 0 radical (unpaired) electrons. The Morgan fingerprint density at radius 1 is 1.15 bits per heavy atom. The van der Waals surface area contributed by atoms with Gasteiger partial charge in [-0.05, 0) is 26.0 Å². The fourth-order valence-electron chi connectivity index (χ4n) is 2.94. The molecule has 7 heteroatoms. The topological polar surface area (TPSA) is 68.0 Å². The van der Waals surface area contributed by atoms with Gasteiger partial charge in [-0.15, -0.1) is 0 Å². The predicted molar refractivity (Wildman–Crippen MR) is 96.2 cm³/mol. The Morgan fingerprint density at radius 2 is 1.85 bits per heavy atom. The average molecular weight is 359 g/mol.